The van der Waals surface area contributed by atoms with E-state index in [-0.39, 0.29) is 35.3 Å². The van der Waals surface area contributed by atoms with Gasteiger partial charge in [0.25, 0.3) is 0 Å². The van der Waals surface area contributed by atoms with Gasteiger partial charge in [0.1, 0.15) is 11.7 Å². The monoisotopic (exact) mass is 453 g/mol. The molecule has 14 atom stereocenters. The minimum absolute atomic E-state index is 0.000250. The molecular weight excluding hydrogens is 414 g/mol. The number of aliphatic hydroxyl groups excluding tert-OH is 3. The Hall–Kier alpha value is -0.320. The van der Waals surface area contributed by atoms with Gasteiger partial charge >= 0.3 is 0 Å². The Bertz CT molecular complexity index is 783. The molecule has 7 bridgehead atoms. The Kier molecular flexibility index (Phi) is 4.76. The second kappa shape index (κ2) is 6.88. The van der Waals surface area contributed by atoms with Crippen molar-refractivity contribution >= 4 is 0 Å². The van der Waals surface area contributed by atoms with Gasteiger partial charge in [-0.15, -0.1) is 0 Å². The van der Waals surface area contributed by atoms with Gasteiger partial charge in [0.2, 0.25) is 0 Å². The van der Waals surface area contributed by atoms with E-state index < -0.39 is 47.3 Å². The Morgan fingerprint density at radius 1 is 1.03 bits per heavy atom. The standard InChI is InChI=1S/C24H39NO7/c1-5-25-9-22(10-30-2)7-6-13(26)23-12-8-11-16(27)14(12)24(29,21(28)17(11)31-3)15(20(23)25)18(32-4)19(22)23/h11-21,26-29H,5-10H2,1-4H3/t11-,12-,13+,14-,15-,16+,17-,18+,19-,20-,21+,22+,23+,24-/m1/s1. The highest BCUT2D eigenvalue weighted by molar-refractivity contribution is 5.36. The molecule has 6 rings (SSSR count). The Balaban J connectivity index is 1.64. The van der Waals surface area contributed by atoms with Crippen molar-refractivity contribution in [2.24, 2.45) is 40.4 Å². The van der Waals surface area contributed by atoms with Gasteiger partial charge in [-0.25, -0.2) is 0 Å². The summed E-state index contributed by atoms with van der Waals surface area (Å²) in [6, 6.07) is -0.120. The van der Waals surface area contributed by atoms with Gasteiger partial charge in [0.15, 0.2) is 0 Å². The van der Waals surface area contributed by atoms with Crippen molar-refractivity contribution in [2.75, 3.05) is 41.0 Å². The molecule has 1 aliphatic heterocycles. The minimum atomic E-state index is -1.54. The largest absolute Gasteiger partial charge is 0.392 e. The van der Waals surface area contributed by atoms with Crippen molar-refractivity contribution in [3.63, 3.8) is 0 Å². The van der Waals surface area contributed by atoms with Crippen molar-refractivity contribution < 1.29 is 34.6 Å². The summed E-state index contributed by atoms with van der Waals surface area (Å²) in [6.45, 7) is 4.33. The summed E-state index contributed by atoms with van der Waals surface area (Å²) in [6.07, 6.45) is -1.22. The highest BCUT2D eigenvalue weighted by Crippen LogP contribution is 2.79. The second-order valence-corrected chi connectivity index (χ2v) is 11.6. The average Bonchev–Trinajstić information content (AvgIpc) is 3.19. The molecule has 0 amide bonds. The van der Waals surface area contributed by atoms with E-state index in [1.807, 2.05) is 0 Å². The Morgan fingerprint density at radius 3 is 2.38 bits per heavy atom. The quantitative estimate of drug-likeness (QED) is 0.440. The van der Waals surface area contributed by atoms with E-state index in [0.717, 1.165) is 19.5 Å². The molecule has 0 radical (unpaired) electrons. The smallest absolute Gasteiger partial charge is 0.110 e. The predicted molar refractivity (Wildman–Crippen MR) is 114 cm³/mol. The van der Waals surface area contributed by atoms with Crippen LogP contribution in [0.25, 0.3) is 0 Å². The first kappa shape index (κ1) is 22.2. The number of aliphatic hydroxyl groups is 4. The lowest BCUT2D eigenvalue weighted by molar-refractivity contribution is -0.297. The first-order valence-corrected chi connectivity index (χ1v) is 12.3. The molecule has 0 unspecified atom stereocenters. The zero-order chi connectivity index (χ0) is 22.8. The summed E-state index contributed by atoms with van der Waals surface area (Å²) in [5.41, 5.74) is -2.24. The maximum atomic E-state index is 12.5. The summed E-state index contributed by atoms with van der Waals surface area (Å²) < 4.78 is 17.7. The van der Waals surface area contributed by atoms with E-state index >= 15 is 0 Å². The van der Waals surface area contributed by atoms with Crippen LogP contribution in [0.1, 0.15) is 26.2 Å². The number of likely N-dealkylation sites (tertiary alicyclic amines) is 1. The van der Waals surface area contributed by atoms with Gasteiger partial charge in [0.05, 0.1) is 31.0 Å². The number of ether oxygens (including phenoxy) is 3. The fourth-order valence-corrected chi connectivity index (χ4v) is 10.7. The topological polar surface area (TPSA) is 112 Å². The van der Waals surface area contributed by atoms with E-state index in [0.29, 0.717) is 19.4 Å². The number of nitrogens with zero attached hydrogens (tertiary/aromatic N) is 1. The van der Waals surface area contributed by atoms with Crippen molar-refractivity contribution in [1.82, 2.24) is 4.90 Å². The van der Waals surface area contributed by atoms with Gasteiger partial charge in [-0.3, -0.25) is 4.90 Å². The molecule has 5 saturated carbocycles. The van der Waals surface area contributed by atoms with Gasteiger partial charge in [-0.05, 0) is 31.7 Å². The lowest BCUT2D eigenvalue weighted by Gasteiger charge is -2.69. The van der Waals surface area contributed by atoms with Crippen LogP contribution in [0, 0.1) is 40.4 Å². The number of piperidine rings is 1. The number of hydrogen-bond acceptors (Lipinski definition) is 8. The van der Waals surface area contributed by atoms with Crippen LogP contribution in [0.5, 0.6) is 0 Å². The summed E-state index contributed by atoms with van der Waals surface area (Å²) in [4.78, 5) is 2.42. The lowest BCUT2D eigenvalue weighted by atomic mass is 9.43. The lowest BCUT2D eigenvalue weighted by Crippen LogP contribution is -2.78. The van der Waals surface area contributed by atoms with E-state index in [4.69, 9.17) is 14.2 Å². The fraction of sp³-hybridized carbons (Fsp3) is 1.00. The number of rotatable bonds is 5. The van der Waals surface area contributed by atoms with Crippen LogP contribution in [0.2, 0.25) is 0 Å². The van der Waals surface area contributed by atoms with Gasteiger partial charge < -0.3 is 34.6 Å². The summed E-state index contributed by atoms with van der Waals surface area (Å²) in [7, 11) is 4.98. The summed E-state index contributed by atoms with van der Waals surface area (Å²) >= 11 is 0. The fourth-order valence-electron chi connectivity index (χ4n) is 10.7. The third-order valence-corrected chi connectivity index (χ3v) is 11.2. The molecular formula is C24H39NO7. The van der Waals surface area contributed by atoms with E-state index in [2.05, 4.69) is 11.8 Å². The molecule has 6 fully saturated rings. The molecule has 6 aliphatic rings. The minimum Gasteiger partial charge on any atom is -0.392 e. The molecule has 5 aliphatic carbocycles. The van der Waals surface area contributed by atoms with Crippen LogP contribution in [-0.4, -0.2) is 109 Å². The van der Waals surface area contributed by atoms with Crippen LogP contribution < -0.4 is 0 Å². The first-order chi connectivity index (χ1) is 15.3. The molecule has 1 heterocycles. The van der Waals surface area contributed by atoms with Crippen LogP contribution in [0.4, 0.5) is 0 Å². The maximum Gasteiger partial charge on any atom is 0.110 e. The Labute approximate surface area is 189 Å². The Morgan fingerprint density at radius 2 is 1.75 bits per heavy atom. The molecule has 8 heteroatoms. The van der Waals surface area contributed by atoms with Crippen molar-refractivity contribution in [3.05, 3.63) is 0 Å². The zero-order valence-corrected chi connectivity index (χ0v) is 19.6. The van der Waals surface area contributed by atoms with Crippen molar-refractivity contribution in [3.8, 4) is 0 Å². The summed E-state index contributed by atoms with van der Waals surface area (Å²) in [5.74, 6) is -1.29. The van der Waals surface area contributed by atoms with Gasteiger partial charge in [0, 0.05) is 68.4 Å². The highest BCUT2D eigenvalue weighted by atomic mass is 16.5. The van der Waals surface area contributed by atoms with Crippen LogP contribution in [0.15, 0.2) is 0 Å². The second-order valence-electron chi connectivity index (χ2n) is 11.6. The molecule has 0 aromatic heterocycles. The number of fused-ring (bicyclic) bond motifs is 2. The number of hydrogen-bond donors (Lipinski definition) is 4. The average molecular weight is 454 g/mol. The van der Waals surface area contributed by atoms with Crippen LogP contribution >= 0.6 is 0 Å². The number of methoxy groups -OCH3 is 3. The SMILES string of the molecule is CCN1C[C@]2(COC)CC[C@H](O)[C@@]34[C@@H]5C[C@@H]6[C@H](O)[C@@H]5[C@@](O)([C@H]([C@H](OC)[C@H]23)[C@@H]14)[C@@H](O)[C@@H]6OC. The normalized spacial score (nSPS) is 62.4. The van der Waals surface area contributed by atoms with Gasteiger partial charge in [-0.2, -0.15) is 0 Å². The van der Waals surface area contributed by atoms with E-state index in [9.17, 15) is 20.4 Å². The third-order valence-electron chi connectivity index (χ3n) is 11.2. The molecule has 0 aromatic rings. The third kappa shape index (κ3) is 2.07. The molecule has 4 N–H and O–H groups in total. The zero-order valence-electron chi connectivity index (χ0n) is 19.6. The van der Waals surface area contributed by atoms with Crippen molar-refractivity contribution in [1.29, 1.82) is 0 Å². The van der Waals surface area contributed by atoms with Crippen LogP contribution in [-0.2, 0) is 14.2 Å². The summed E-state index contributed by atoms with van der Waals surface area (Å²) in [5, 5.41) is 47.3. The molecule has 0 aromatic carbocycles. The highest BCUT2D eigenvalue weighted by Gasteiger charge is 2.87. The van der Waals surface area contributed by atoms with Crippen molar-refractivity contribution in [2.45, 2.75) is 68.3 Å². The maximum absolute atomic E-state index is 12.5. The molecule has 32 heavy (non-hydrogen) atoms. The van der Waals surface area contributed by atoms with Crippen LogP contribution in [0.3, 0.4) is 0 Å². The van der Waals surface area contributed by atoms with E-state index in [1.165, 1.54) is 0 Å². The molecule has 1 saturated heterocycles. The molecule has 182 valence electrons. The van der Waals surface area contributed by atoms with E-state index in [1.54, 1.807) is 21.3 Å². The molecule has 8 nitrogen and oxygen atoms in total. The van der Waals surface area contributed by atoms with Gasteiger partial charge in [-0.1, -0.05) is 6.92 Å². The first-order valence-electron chi connectivity index (χ1n) is 12.3. The predicted octanol–water partition coefficient (Wildman–Crippen LogP) is -0.527. The molecule has 1 spiro atoms.